The van der Waals surface area contributed by atoms with E-state index in [4.69, 9.17) is 11.6 Å². The fourth-order valence-corrected chi connectivity index (χ4v) is 3.25. The van der Waals surface area contributed by atoms with E-state index in [1.807, 2.05) is 13.0 Å². The van der Waals surface area contributed by atoms with Crippen LogP contribution in [-0.2, 0) is 10.2 Å². The lowest BCUT2D eigenvalue weighted by Gasteiger charge is -2.28. The molecule has 4 heteroatoms. The first-order valence-electron chi connectivity index (χ1n) is 6.12. The number of rotatable bonds is 2. The van der Waals surface area contributed by atoms with Gasteiger partial charge in [-0.15, -0.1) is 0 Å². The molecule has 1 aromatic rings. The molecule has 2 N–H and O–H groups in total. The highest BCUT2D eigenvalue weighted by molar-refractivity contribution is 6.33. The molecule has 0 atom stereocenters. The average Bonchev–Trinajstić information content (AvgIpc) is 2.76. The third kappa shape index (κ3) is 1.77. The highest BCUT2D eigenvalue weighted by Gasteiger charge is 2.46. The number of hydrogen-bond acceptors (Lipinski definition) is 2. The van der Waals surface area contributed by atoms with Gasteiger partial charge in [0.15, 0.2) is 0 Å². The van der Waals surface area contributed by atoms with Gasteiger partial charge in [0.1, 0.15) is 5.75 Å². The van der Waals surface area contributed by atoms with Crippen molar-refractivity contribution in [3.63, 3.8) is 0 Å². The van der Waals surface area contributed by atoms with Gasteiger partial charge in [-0.05, 0) is 37.8 Å². The van der Waals surface area contributed by atoms with E-state index in [-0.39, 0.29) is 10.8 Å². The molecule has 2 rings (SSSR count). The van der Waals surface area contributed by atoms with Crippen LogP contribution in [0.3, 0.4) is 0 Å². The molecule has 98 valence electrons. The molecule has 1 fully saturated rings. The monoisotopic (exact) mass is 268 g/mol. The van der Waals surface area contributed by atoms with E-state index in [0.29, 0.717) is 18.4 Å². The van der Waals surface area contributed by atoms with Gasteiger partial charge in [-0.3, -0.25) is 4.79 Å². The number of aliphatic carboxylic acids is 1. The Bertz CT molecular complexity index is 502. The van der Waals surface area contributed by atoms with Gasteiger partial charge >= 0.3 is 5.97 Å². The Kier molecular flexibility index (Phi) is 3.28. The minimum atomic E-state index is -0.967. The van der Waals surface area contributed by atoms with Crippen LogP contribution in [0.1, 0.15) is 42.4 Å². The lowest BCUT2D eigenvalue weighted by atomic mass is 9.76. The highest BCUT2D eigenvalue weighted by Crippen LogP contribution is 2.48. The molecule has 1 aliphatic rings. The van der Waals surface area contributed by atoms with Gasteiger partial charge in [0, 0.05) is 5.56 Å². The maximum absolute atomic E-state index is 11.7. The second kappa shape index (κ2) is 4.47. The van der Waals surface area contributed by atoms with E-state index in [0.717, 1.165) is 24.0 Å². The number of hydrogen-bond donors (Lipinski definition) is 2. The largest absolute Gasteiger partial charge is 0.506 e. The summed E-state index contributed by atoms with van der Waals surface area (Å²) >= 11 is 6.06. The summed E-state index contributed by atoms with van der Waals surface area (Å²) in [6.45, 7) is 3.64. The minimum Gasteiger partial charge on any atom is -0.506 e. The van der Waals surface area contributed by atoms with Crippen molar-refractivity contribution in [1.82, 2.24) is 0 Å². The summed E-state index contributed by atoms with van der Waals surface area (Å²) < 4.78 is 0. The quantitative estimate of drug-likeness (QED) is 0.862. The molecule has 1 saturated carbocycles. The smallest absolute Gasteiger partial charge is 0.314 e. The zero-order valence-electron chi connectivity index (χ0n) is 10.6. The summed E-state index contributed by atoms with van der Waals surface area (Å²) in [5.41, 5.74) is 1.11. The molecule has 1 aliphatic carbocycles. The zero-order chi connectivity index (χ0) is 13.5. The molecular weight excluding hydrogens is 252 g/mol. The fourth-order valence-electron chi connectivity index (χ4n) is 3.10. The molecule has 18 heavy (non-hydrogen) atoms. The number of aromatic hydroxyl groups is 1. The summed E-state index contributed by atoms with van der Waals surface area (Å²) in [7, 11) is 0. The van der Waals surface area contributed by atoms with Crippen LogP contribution < -0.4 is 0 Å². The SMILES string of the molecule is Cc1cc(C)c(C2(C(=O)O)CCCC2)c(O)c1Cl. The van der Waals surface area contributed by atoms with Crippen LogP contribution in [-0.4, -0.2) is 16.2 Å². The summed E-state index contributed by atoms with van der Waals surface area (Å²) in [6, 6.07) is 1.85. The molecule has 0 spiro atoms. The van der Waals surface area contributed by atoms with Crippen molar-refractivity contribution in [3.8, 4) is 5.75 Å². The van der Waals surface area contributed by atoms with Crippen LogP contribution in [0.25, 0.3) is 0 Å². The van der Waals surface area contributed by atoms with E-state index >= 15 is 0 Å². The molecule has 0 bridgehead atoms. The van der Waals surface area contributed by atoms with E-state index in [1.54, 1.807) is 6.92 Å². The molecule has 0 heterocycles. The van der Waals surface area contributed by atoms with Crippen molar-refractivity contribution in [2.24, 2.45) is 0 Å². The molecular formula is C14H17ClO3. The Hall–Kier alpha value is -1.22. The molecule has 0 radical (unpaired) electrons. The third-order valence-corrected chi connectivity index (χ3v) is 4.44. The second-order valence-corrected chi connectivity index (χ2v) is 5.52. The molecule has 0 unspecified atom stereocenters. The standard InChI is InChI=1S/C14H17ClO3/c1-8-7-9(2)11(15)12(16)10(8)14(13(17)18)5-3-4-6-14/h7,16H,3-6H2,1-2H3,(H,17,18). The van der Waals surface area contributed by atoms with Crippen molar-refractivity contribution in [2.75, 3.05) is 0 Å². The maximum atomic E-state index is 11.7. The van der Waals surface area contributed by atoms with Crippen LogP contribution in [0.2, 0.25) is 5.02 Å². The Morgan fingerprint density at radius 1 is 1.28 bits per heavy atom. The van der Waals surface area contributed by atoms with Crippen LogP contribution in [0.5, 0.6) is 5.75 Å². The van der Waals surface area contributed by atoms with Crippen molar-refractivity contribution < 1.29 is 15.0 Å². The van der Waals surface area contributed by atoms with Gasteiger partial charge < -0.3 is 10.2 Å². The first-order chi connectivity index (χ1) is 8.40. The number of carboxylic acid groups (broad SMARTS) is 1. The Balaban J connectivity index is 2.70. The Morgan fingerprint density at radius 3 is 2.33 bits per heavy atom. The molecule has 0 amide bonds. The molecule has 0 aromatic heterocycles. The predicted octanol–water partition coefficient (Wildman–Crippen LogP) is 3.56. The first-order valence-corrected chi connectivity index (χ1v) is 6.50. The molecule has 0 saturated heterocycles. The predicted molar refractivity (Wildman–Crippen MR) is 70.4 cm³/mol. The lowest BCUT2D eigenvalue weighted by molar-refractivity contribution is -0.143. The first kappa shape index (κ1) is 13.2. The van der Waals surface area contributed by atoms with Crippen LogP contribution in [0.4, 0.5) is 0 Å². The Labute approximate surface area is 111 Å². The van der Waals surface area contributed by atoms with E-state index < -0.39 is 11.4 Å². The number of carbonyl (C=O) groups is 1. The second-order valence-electron chi connectivity index (χ2n) is 5.14. The highest BCUT2D eigenvalue weighted by atomic mass is 35.5. The zero-order valence-corrected chi connectivity index (χ0v) is 11.3. The lowest BCUT2D eigenvalue weighted by Crippen LogP contribution is -2.33. The normalized spacial score (nSPS) is 17.9. The number of phenolic OH excluding ortho intramolecular Hbond substituents is 1. The van der Waals surface area contributed by atoms with E-state index in [1.165, 1.54) is 0 Å². The number of halogens is 1. The number of carboxylic acids is 1. The van der Waals surface area contributed by atoms with Crippen molar-refractivity contribution in [1.29, 1.82) is 0 Å². The average molecular weight is 269 g/mol. The number of phenols is 1. The summed E-state index contributed by atoms with van der Waals surface area (Å²) in [4.78, 5) is 11.7. The molecule has 3 nitrogen and oxygen atoms in total. The van der Waals surface area contributed by atoms with Crippen molar-refractivity contribution in [3.05, 3.63) is 27.8 Å². The van der Waals surface area contributed by atoms with Gasteiger partial charge in [-0.25, -0.2) is 0 Å². The van der Waals surface area contributed by atoms with Crippen LogP contribution in [0.15, 0.2) is 6.07 Å². The summed E-state index contributed by atoms with van der Waals surface area (Å²) in [5.74, 6) is -0.920. The van der Waals surface area contributed by atoms with Gasteiger partial charge in [0.05, 0.1) is 10.4 Å². The number of benzene rings is 1. The number of aryl methyl sites for hydroxylation is 2. The van der Waals surface area contributed by atoms with Gasteiger partial charge in [-0.2, -0.15) is 0 Å². The minimum absolute atomic E-state index is 0.0570. The van der Waals surface area contributed by atoms with Crippen molar-refractivity contribution in [2.45, 2.75) is 44.9 Å². The Morgan fingerprint density at radius 2 is 1.83 bits per heavy atom. The van der Waals surface area contributed by atoms with Gasteiger partial charge in [0.2, 0.25) is 0 Å². The van der Waals surface area contributed by atoms with Gasteiger partial charge in [-0.1, -0.05) is 30.5 Å². The molecule has 0 aliphatic heterocycles. The van der Waals surface area contributed by atoms with E-state index in [9.17, 15) is 15.0 Å². The van der Waals surface area contributed by atoms with Crippen LogP contribution in [0, 0.1) is 13.8 Å². The van der Waals surface area contributed by atoms with Crippen LogP contribution >= 0.6 is 11.6 Å². The van der Waals surface area contributed by atoms with E-state index in [2.05, 4.69) is 0 Å². The van der Waals surface area contributed by atoms with Crippen molar-refractivity contribution >= 4 is 17.6 Å². The fraction of sp³-hybridized carbons (Fsp3) is 0.500. The topological polar surface area (TPSA) is 57.5 Å². The summed E-state index contributed by atoms with van der Waals surface area (Å²) in [5, 5.41) is 20.1. The maximum Gasteiger partial charge on any atom is 0.314 e. The van der Waals surface area contributed by atoms with Gasteiger partial charge in [0.25, 0.3) is 0 Å². The summed E-state index contributed by atoms with van der Waals surface area (Å²) in [6.07, 6.45) is 2.87. The molecule has 1 aromatic carbocycles. The third-order valence-electron chi connectivity index (χ3n) is 3.96.